The van der Waals surface area contributed by atoms with Gasteiger partial charge in [-0.15, -0.1) is 0 Å². The van der Waals surface area contributed by atoms with Gasteiger partial charge < -0.3 is 10.1 Å². The van der Waals surface area contributed by atoms with Crippen molar-refractivity contribution in [2.45, 2.75) is 25.3 Å². The lowest BCUT2D eigenvalue weighted by molar-refractivity contribution is -0.139. The summed E-state index contributed by atoms with van der Waals surface area (Å²) in [6.07, 6.45) is 1.02. The maximum Gasteiger partial charge on any atom is 0.344 e. The first-order valence-corrected chi connectivity index (χ1v) is 10.3. The van der Waals surface area contributed by atoms with E-state index in [1.165, 1.54) is 24.3 Å². The fourth-order valence-electron chi connectivity index (χ4n) is 3.33. The molecule has 0 aromatic heterocycles. The molecule has 2 aromatic carbocycles. The summed E-state index contributed by atoms with van der Waals surface area (Å²) in [5.74, 6) is -0.805. The van der Waals surface area contributed by atoms with Gasteiger partial charge >= 0.3 is 6.03 Å². The van der Waals surface area contributed by atoms with Gasteiger partial charge in [0.1, 0.15) is 23.7 Å². The minimum atomic E-state index is -1.09. The molecule has 1 unspecified atom stereocenters. The third kappa shape index (κ3) is 6.04. The van der Waals surface area contributed by atoms with Crippen molar-refractivity contribution in [3.05, 3.63) is 66.0 Å². The molecular formula is C23H27FN4O4. The third-order valence-electron chi connectivity index (χ3n) is 5.22. The molecular weight excluding hydrogens is 415 g/mol. The van der Waals surface area contributed by atoms with E-state index in [1.807, 2.05) is 30.3 Å². The minimum Gasteiger partial charge on any atom is -0.492 e. The van der Waals surface area contributed by atoms with Gasteiger partial charge in [0, 0.05) is 6.54 Å². The number of amides is 4. The van der Waals surface area contributed by atoms with Crippen molar-refractivity contribution >= 4 is 17.8 Å². The predicted octanol–water partition coefficient (Wildman–Crippen LogP) is 2.11. The number of hydrogen-bond donors (Lipinski definition) is 2. The van der Waals surface area contributed by atoms with Gasteiger partial charge in [-0.3, -0.25) is 19.9 Å². The molecule has 8 nitrogen and oxygen atoms in total. The second-order valence-corrected chi connectivity index (χ2v) is 7.96. The Balaban J connectivity index is 1.44. The lowest BCUT2D eigenvalue weighted by atomic mass is 9.93. The van der Waals surface area contributed by atoms with Crippen LogP contribution in [0.3, 0.4) is 0 Å². The lowest BCUT2D eigenvalue weighted by Gasteiger charge is -2.22. The van der Waals surface area contributed by atoms with E-state index in [9.17, 15) is 18.8 Å². The average molecular weight is 442 g/mol. The summed E-state index contributed by atoms with van der Waals surface area (Å²) in [5.41, 5.74) is 2.36. The Labute approximate surface area is 186 Å². The maximum atomic E-state index is 12.9. The highest BCUT2D eigenvalue weighted by Crippen LogP contribution is 2.22. The number of nitrogens with zero attached hydrogens (tertiary/aromatic N) is 2. The van der Waals surface area contributed by atoms with E-state index < -0.39 is 23.4 Å². The van der Waals surface area contributed by atoms with Crippen molar-refractivity contribution in [2.75, 3.05) is 26.7 Å². The molecule has 1 atom stereocenters. The number of carbonyl (C=O) groups is 3. The molecule has 170 valence electrons. The van der Waals surface area contributed by atoms with Crippen LogP contribution in [0.5, 0.6) is 5.75 Å². The van der Waals surface area contributed by atoms with E-state index in [1.54, 1.807) is 18.9 Å². The minimum absolute atomic E-state index is 0.0371. The van der Waals surface area contributed by atoms with Crippen LogP contribution in [-0.2, 0) is 16.0 Å². The van der Waals surface area contributed by atoms with E-state index in [0.29, 0.717) is 25.1 Å². The molecule has 9 heteroatoms. The van der Waals surface area contributed by atoms with Gasteiger partial charge in [-0.1, -0.05) is 30.3 Å². The molecule has 2 N–H and O–H groups in total. The number of hydrogen-bond acceptors (Lipinski definition) is 5. The van der Waals surface area contributed by atoms with Crippen LogP contribution in [0.4, 0.5) is 9.18 Å². The summed E-state index contributed by atoms with van der Waals surface area (Å²) >= 11 is 0. The van der Waals surface area contributed by atoms with Crippen LogP contribution >= 0.6 is 0 Å². The van der Waals surface area contributed by atoms with E-state index >= 15 is 0 Å². The number of nitrogens with one attached hydrogen (secondary N) is 2. The highest BCUT2D eigenvalue weighted by molar-refractivity contribution is 6.07. The molecule has 1 aliphatic rings. The molecule has 0 saturated carbocycles. The zero-order chi connectivity index (χ0) is 23.1. The van der Waals surface area contributed by atoms with Crippen molar-refractivity contribution in [3.8, 4) is 5.75 Å². The summed E-state index contributed by atoms with van der Waals surface area (Å²) in [4.78, 5) is 39.1. The normalized spacial score (nSPS) is 18.1. The smallest absolute Gasteiger partial charge is 0.344 e. The number of carbonyl (C=O) groups excluding carboxylic acids is 3. The largest absolute Gasteiger partial charge is 0.492 e. The number of rotatable bonds is 10. The van der Waals surface area contributed by atoms with E-state index in [2.05, 4.69) is 10.7 Å². The van der Waals surface area contributed by atoms with Crippen molar-refractivity contribution in [3.63, 3.8) is 0 Å². The van der Waals surface area contributed by atoms with Crippen molar-refractivity contribution < 1.29 is 23.5 Å². The van der Waals surface area contributed by atoms with Gasteiger partial charge in [0.15, 0.2) is 0 Å². The Bertz CT molecular complexity index is 954. The van der Waals surface area contributed by atoms with E-state index in [-0.39, 0.29) is 19.0 Å². The average Bonchev–Trinajstić information content (AvgIpc) is 2.98. The van der Waals surface area contributed by atoms with Crippen LogP contribution in [0.2, 0.25) is 0 Å². The first-order valence-electron chi connectivity index (χ1n) is 10.3. The molecule has 1 heterocycles. The Morgan fingerprint density at radius 1 is 1.16 bits per heavy atom. The van der Waals surface area contributed by atoms with Crippen LogP contribution in [-0.4, -0.2) is 60.0 Å². The van der Waals surface area contributed by atoms with Crippen molar-refractivity contribution in [2.24, 2.45) is 0 Å². The van der Waals surface area contributed by atoms with Gasteiger partial charge in [-0.05, 0) is 56.6 Å². The van der Waals surface area contributed by atoms with Crippen LogP contribution in [0, 0.1) is 5.82 Å². The quantitative estimate of drug-likeness (QED) is 0.550. The van der Waals surface area contributed by atoms with Gasteiger partial charge in [0.05, 0.1) is 6.54 Å². The molecule has 1 fully saturated rings. The summed E-state index contributed by atoms with van der Waals surface area (Å²) in [5, 5.41) is 3.42. The molecule has 0 bridgehead atoms. The molecule has 2 aromatic rings. The Kier molecular flexibility index (Phi) is 7.42. The lowest BCUT2D eigenvalue weighted by Crippen LogP contribution is -2.51. The highest BCUT2D eigenvalue weighted by atomic mass is 19.1. The third-order valence-corrected chi connectivity index (χ3v) is 5.22. The van der Waals surface area contributed by atoms with Crippen LogP contribution in [0.25, 0.3) is 0 Å². The summed E-state index contributed by atoms with van der Waals surface area (Å²) in [6, 6.07) is 14.7. The molecule has 32 heavy (non-hydrogen) atoms. The second-order valence-electron chi connectivity index (χ2n) is 7.96. The van der Waals surface area contributed by atoms with Gasteiger partial charge in [0.2, 0.25) is 0 Å². The number of likely N-dealkylation sites (N-methyl/N-ethyl adjacent to an activating group) is 1. The number of imide groups is 1. The van der Waals surface area contributed by atoms with Gasteiger partial charge in [-0.2, -0.15) is 5.01 Å². The van der Waals surface area contributed by atoms with Crippen LogP contribution in [0.15, 0.2) is 54.6 Å². The predicted molar refractivity (Wildman–Crippen MR) is 116 cm³/mol. The Morgan fingerprint density at radius 3 is 2.53 bits per heavy atom. The standard InChI is InChI=1S/C23H27FN4O4/c1-23(13-12-17-6-4-3-5-7-17)21(30)28(22(31)25-23)26-20(29)16-27(2)14-15-32-19-10-8-18(24)9-11-19/h3-11H,12-16H2,1-2H3,(H,25,31)(H,26,29). The molecule has 1 saturated heterocycles. The molecule has 0 radical (unpaired) electrons. The van der Waals surface area contributed by atoms with E-state index in [0.717, 1.165) is 10.6 Å². The number of aryl methyl sites for hydroxylation is 1. The first-order chi connectivity index (χ1) is 15.3. The van der Waals surface area contributed by atoms with Gasteiger partial charge in [0.25, 0.3) is 11.8 Å². The highest BCUT2D eigenvalue weighted by Gasteiger charge is 2.48. The van der Waals surface area contributed by atoms with Crippen molar-refractivity contribution in [1.29, 1.82) is 0 Å². The topological polar surface area (TPSA) is 91.0 Å². The second kappa shape index (κ2) is 10.2. The van der Waals surface area contributed by atoms with Gasteiger partial charge in [-0.25, -0.2) is 9.18 Å². The summed E-state index contributed by atoms with van der Waals surface area (Å²) in [7, 11) is 1.71. The zero-order valence-electron chi connectivity index (χ0n) is 18.1. The number of ether oxygens (including phenoxy) is 1. The maximum absolute atomic E-state index is 12.9. The van der Waals surface area contributed by atoms with E-state index in [4.69, 9.17) is 4.74 Å². The molecule has 3 rings (SSSR count). The summed E-state index contributed by atoms with van der Waals surface area (Å²) < 4.78 is 18.4. The number of hydrazine groups is 1. The Hall–Kier alpha value is -3.46. The summed E-state index contributed by atoms with van der Waals surface area (Å²) in [6.45, 7) is 2.32. The first kappa shape index (κ1) is 23.2. The Morgan fingerprint density at radius 2 is 1.84 bits per heavy atom. The SMILES string of the molecule is CN(CCOc1ccc(F)cc1)CC(=O)NN1C(=O)NC(C)(CCc2ccccc2)C1=O. The molecule has 0 spiro atoms. The number of urea groups is 1. The molecule has 0 aliphatic carbocycles. The fraction of sp³-hybridized carbons (Fsp3) is 0.348. The number of benzene rings is 2. The zero-order valence-corrected chi connectivity index (χ0v) is 18.1. The van der Waals surface area contributed by atoms with Crippen LogP contribution < -0.4 is 15.5 Å². The number of halogens is 1. The fourth-order valence-corrected chi connectivity index (χ4v) is 3.33. The molecule has 4 amide bonds. The van der Waals surface area contributed by atoms with Crippen LogP contribution in [0.1, 0.15) is 18.9 Å². The monoisotopic (exact) mass is 442 g/mol. The molecule has 1 aliphatic heterocycles. The van der Waals surface area contributed by atoms with Crippen molar-refractivity contribution in [1.82, 2.24) is 20.7 Å².